The van der Waals surface area contributed by atoms with Gasteiger partial charge < -0.3 is 11.1 Å². The maximum absolute atomic E-state index is 11.5. The standard InChI is InChI=1S/C9H15N3O2/c1-9(5-10,6-2-3-6)12-7(13)4-11-8(12)14/h6H,2-5,10H2,1H3,(H,11,14). The molecule has 2 rings (SSSR count). The van der Waals surface area contributed by atoms with Crippen LogP contribution in [0.1, 0.15) is 19.8 Å². The summed E-state index contributed by atoms with van der Waals surface area (Å²) in [4.78, 5) is 24.3. The summed E-state index contributed by atoms with van der Waals surface area (Å²) in [6.07, 6.45) is 2.12. The van der Waals surface area contributed by atoms with Crippen molar-refractivity contribution in [1.82, 2.24) is 10.2 Å². The molecule has 1 unspecified atom stereocenters. The molecule has 2 fully saturated rings. The van der Waals surface area contributed by atoms with E-state index in [0.717, 1.165) is 12.8 Å². The first-order chi connectivity index (χ1) is 6.59. The van der Waals surface area contributed by atoms with E-state index < -0.39 is 5.54 Å². The number of hydrogen-bond donors (Lipinski definition) is 2. The third-order valence-corrected chi connectivity index (χ3v) is 3.22. The Morgan fingerprint density at radius 3 is 2.57 bits per heavy atom. The molecule has 1 aliphatic carbocycles. The van der Waals surface area contributed by atoms with Crippen LogP contribution >= 0.6 is 0 Å². The van der Waals surface area contributed by atoms with Crippen molar-refractivity contribution in [3.05, 3.63) is 0 Å². The molecule has 1 heterocycles. The lowest BCUT2D eigenvalue weighted by atomic mass is 9.94. The highest BCUT2D eigenvalue weighted by molar-refractivity contribution is 6.02. The first-order valence-electron chi connectivity index (χ1n) is 4.90. The van der Waals surface area contributed by atoms with Crippen LogP contribution in [0.2, 0.25) is 0 Å². The summed E-state index contributed by atoms with van der Waals surface area (Å²) in [6, 6.07) is -0.296. The number of hydrogen-bond acceptors (Lipinski definition) is 3. The molecule has 0 radical (unpaired) electrons. The van der Waals surface area contributed by atoms with Crippen LogP contribution in [0, 0.1) is 5.92 Å². The lowest BCUT2D eigenvalue weighted by Gasteiger charge is -2.35. The van der Waals surface area contributed by atoms with Gasteiger partial charge in [0.1, 0.15) is 0 Å². The Morgan fingerprint density at radius 1 is 1.57 bits per heavy atom. The number of carbonyl (C=O) groups excluding carboxylic acids is 2. The van der Waals surface area contributed by atoms with E-state index in [0.29, 0.717) is 12.5 Å². The quantitative estimate of drug-likeness (QED) is 0.608. The number of nitrogens with one attached hydrogen (secondary N) is 1. The Labute approximate surface area is 82.6 Å². The molecule has 0 spiro atoms. The fourth-order valence-corrected chi connectivity index (χ4v) is 2.09. The summed E-state index contributed by atoms with van der Waals surface area (Å²) < 4.78 is 0. The topological polar surface area (TPSA) is 75.4 Å². The van der Waals surface area contributed by atoms with Gasteiger partial charge in [-0.3, -0.25) is 9.69 Å². The normalized spacial score (nSPS) is 26.3. The van der Waals surface area contributed by atoms with Crippen LogP contribution in [-0.2, 0) is 4.79 Å². The lowest BCUT2D eigenvalue weighted by molar-refractivity contribution is -0.129. The highest BCUT2D eigenvalue weighted by atomic mass is 16.2. The molecule has 78 valence electrons. The van der Waals surface area contributed by atoms with E-state index in [1.54, 1.807) is 0 Å². The van der Waals surface area contributed by atoms with E-state index in [9.17, 15) is 9.59 Å². The Kier molecular flexibility index (Phi) is 1.99. The van der Waals surface area contributed by atoms with Crippen molar-refractivity contribution in [2.24, 2.45) is 11.7 Å². The van der Waals surface area contributed by atoms with Gasteiger partial charge in [0.25, 0.3) is 5.91 Å². The van der Waals surface area contributed by atoms with Gasteiger partial charge in [-0.1, -0.05) is 0 Å². The molecule has 2 aliphatic rings. The van der Waals surface area contributed by atoms with E-state index in [2.05, 4.69) is 5.32 Å². The Bertz CT molecular complexity index is 272. The highest BCUT2D eigenvalue weighted by Crippen LogP contribution is 2.43. The molecule has 1 aliphatic heterocycles. The summed E-state index contributed by atoms with van der Waals surface area (Å²) in [7, 11) is 0. The molecular formula is C9H15N3O2. The van der Waals surface area contributed by atoms with Crippen molar-refractivity contribution in [2.75, 3.05) is 13.1 Å². The second-order valence-electron chi connectivity index (χ2n) is 4.22. The third kappa shape index (κ3) is 1.19. The second-order valence-corrected chi connectivity index (χ2v) is 4.22. The molecule has 14 heavy (non-hydrogen) atoms. The molecule has 1 saturated heterocycles. The van der Waals surface area contributed by atoms with Gasteiger partial charge in [0.2, 0.25) is 0 Å². The van der Waals surface area contributed by atoms with Gasteiger partial charge in [-0.25, -0.2) is 4.79 Å². The zero-order chi connectivity index (χ0) is 10.3. The van der Waals surface area contributed by atoms with Crippen molar-refractivity contribution >= 4 is 11.9 Å². The molecule has 5 nitrogen and oxygen atoms in total. The van der Waals surface area contributed by atoms with Crippen molar-refractivity contribution in [2.45, 2.75) is 25.3 Å². The molecule has 0 bridgehead atoms. The zero-order valence-corrected chi connectivity index (χ0v) is 8.25. The van der Waals surface area contributed by atoms with E-state index >= 15 is 0 Å². The fourth-order valence-electron chi connectivity index (χ4n) is 2.09. The number of imide groups is 1. The Balaban J connectivity index is 2.25. The van der Waals surface area contributed by atoms with Gasteiger partial charge in [-0.15, -0.1) is 0 Å². The minimum absolute atomic E-state index is 0.112. The molecular weight excluding hydrogens is 182 g/mol. The number of carbonyl (C=O) groups is 2. The maximum atomic E-state index is 11.5. The van der Waals surface area contributed by atoms with E-state index in [1.165, 1.54) is 4.90 Å². The van der Waals surface area contributed by atoms with Crippen LogP contribution in [0.25, 0.3) is 0 Å². The maximum Gasteiger partial charge on any atom is 0.325 e. The third-order valence-electron chi connectivity index (χ3n) is 3.22. The number of rotatable bonds is 3. The monoisotopic (exact) mass is 197 g/mol. The first-order valence-corrected chi connectivity index (χ1v) is 4.90. The number of urea groups is 1. The van der Waals surface area contributed by atoms with Crippen LogP contribution in [0.15, 0.2) is 0 Å². The summed E-state index contributed by atoms with van der Waals surface area (Å²) >= 11 is 0. The van der Waals surface area contributed by atoms with Crippen LogP contribution < -0.4 is 11.1 Å². The van der Waals surface area contributed by atoms with Crippen molar-refractivity contribution in [1.29, 1.82) is 0 Å². The van der Waals surface area contributed by atoms with Crippen LogP contribution in [0.3, 0.4) is 0 Å². The molecule has 3 N–H and O–H groups in total. The molecule has 0 aromatic heterocycles. The zero-order valence-electron chi connectivity index (χ0n) is 8.25. The van der Waals surface area contributed by atoms with Gasteiger partial charge in [0.15, 0.2) is 0 Å². The van der Waals surface area contributed by atoms with E-state index in [-0.39, 0.29) is 18.5 Å². The summed E-state index contributed by atoms with van der Waals surface area (Å²) in [5.74, 6) is 0.232. The average Bonchev–Trinajstić information content (AvgIpc) is 2.94. The van der Waals surface area contributed by atoms with Gasteiger partial charge in [0.05, 0.1) is 12.1 Å². The summed E-state index contributed by atoms with van der Waals surface area (Å²) in [6.45, 7) is 2.35. The highest BCUT2D eigenvalue weighted by Gasteiger charge is 2.51. The lowest BCUT2D eigenvalue weighted by Crippen LogP contribution is -2.56. The Morgan fingerprint density at radius 2 is 2.21 bits per heavy atom. The van der Waals surface area contributed by atoms with Crippen molar-refractivity contribution in [3.63, 3.8) is 0 Å². The molecule has 1 atom stereocenters. The van der Waals surface area contributed by atoms with Crippen molar-refractivity contribution in [3.8, 4) is 0 Å². The van der Waals surface area contributed by atoms with E-state index in [1.807, 2.05) is 6.92 Å². The molecule has 0 aromatic rings. The molecule has 5 heteroatoms. The van der Waals surface area contributed by atoms with E-state index in [4.69, 9.17) is 5.73 Å². The van der Waals surface area contributed by atoms with Crippen LogP contribution in [0.4, 0.5) is 4.79 Å². The minimum Gasteiger partial charge on any atom is -0.329 e. The predicted molar refractivity (Wildman–Crippen MR) is 50.4 cm³/mol. The fraction of sp³-hybridized carbons (Fsp3) is 0.778. The summed E-state index contributed by atoms with van der Waals surface area (Å²) in [5, 5.41) is 2.52. The van der Waals surface area contributed by atoms with Crippen molar-refractivity contribution < 1.29 is 9.59 Å². The SMILES string of the molecule is CC(CN)(C1CC1)N1C(=O)CNC1=O. The van der Waals surface area contributed by atoms with Gasteiger partial charge in [-0.2, -0.15) is 0 Å². The number of amides is 3. The smallest absolute Gasteiger partial charge is 0.325 e. The first kappa shape index (κ1) is 9.45. The minimum atomic E-state index is -0.475. The van der Waals surface area contributed by atoms with Gasteiger partial charge in [0, 0.05) is 6.54 Å². The molecule has 0 aromatic carbocycles. The van der Waals surface area contributed by atoms with Gasteiger partial charge >= 0.3 is 6.03 Å². The Hall–Kier alpha value is -1.10. The van der Waals surface area contributed by atoms with Gasteiger partial charge in [-0.05, 0) is 25.7 Å². The van der Waals surface area contributed by atoms with Crippen LogP contribution in [0.5, 0.6) is 0 Å². The molecule has 1 saturated carbocycles. The number of nitrogens with zero attached hydrogens (tertiary/aromatic N) is 1. The number of nitrogens with two attached hydrogens (primary N) is 1. The predicted octanol–water partition coefficient (Wildman–Crippen LogP) is -0.334. The second kappa shape index (κ2) is 2.95. The summed E-state index contributed by atoms with van der Waals surface area (Å²) in [5.41, 5.74) is 5.20. The average molecular weight is 197 g/mol. The molecule has 3 amide bonds. The largest absolute Gasteiger partial charge is 0.329 e. The van der Waals surface area contributed by atoms with Crippen LogP contribution in [-0.4, -0.2) is 35.5 Å².